The van der Waals surface area contributed by atoms with Crippen LogP contribution < -0.4 is 11.1 Å². The summed E-state index contributed by atoms with van der Waals surface area (Å²) in [5.74, 6) is -0.388. The normalized spacial score (nSPS) is 14.5. The van der Waals surface area contributed by atoms with Crippen LogP contribution in [-0.4, -0.2) is 23.2 Å². The van der Waals surface area contributed by atoms with E-state index in [4.69, 9.17) is 10.8 Å². The smallest absolute Gasteiger partial charge is 0.249 e. The number of rotatable bonds is 7. The summed E-state index contributed by atoms with van der Waals surface area (Å²) in [6.45, 7) is 5.05. The van der Waals surface area contributed by atoms with Gasteiger partial charge >= 0.3 is 0 Å². The number of carbonyl (C=O) groups is 1. The van der Waals surface area contributed by atoms with E-state index in [1.807, 2.05) is 6.07 Å². The van der Waals surface area contributed by atoms with E-state index in [1.54, 1.807) is 5.38 Å². The predicted molar refractivity (Wildman–Crippen MR) is 70.1 cm³/mol. The molecular formula is C12H20N2O2S. The maximum Gasteiger partial charge on any atom is 0.249 e. The van der Waals surface area contributed by atoms with Crippen LogP contribution in [0.2, 0.25) is 0 Å². The van der Waals surface area contributed by atoms with Gasteiger partial charge in [0.15, 0.2) is 0 Å². The molecule has 0 aliphatic heterocycles. The average molecular weight is 256 g/mol. The highest BCUT2D eigenvalue weighted by molar-refractivity contribution is 7.10. The van der Waals surface area contributed by atoms with Crippen molar-refractivity contribution in [3.8, 4) is 0 Å². The van der Waals surface area contributed by atoms with Crippen molar-refractivity contribution < 1.29 is 9.90 Å². The van der Waals surface area contributed by atoms with Crippen molar-refractivity contribution in [2.45, 2.75) is 38.8 Å². The Bertz CT molecular complexity index is 378. The van der Waals surface area contributed by atoms with Gasteiger partial charge in [-0.1, -0.05) is 6.92 Å². The highest BCUT2D eigenvalue weighted by atomic mass is 32.1. The van der Waals surface area contributed by atoms with Gasteiger partial charge in [-0.15, -0.1) is 11.3 Å². The van der Waals surface area contributed by atoms with Crippen LogP contribution in [0, 0.1) is 0 Å². The first-order chi connectivity index (χ1) is 8.00. The Labute approximate surface area is 106 Å². The molecule has 1 aromatic rings. The van der Waals surface area contributed by atoms with Crippen molar-refractivity contribution in [3.63, 3.8) is 0 Å². The van der Waals surface area contributed by atoms with Gasteiger partial charge in [-0.2, -0.15) is 0 Å². The average Bonchev–Trinajstić information content (AvgIpc) is 2.76. The van der Waals surface area contributed by atoms with Gasteiger partial charge in [-0.25, -0.2) is 0 Å². The van der Waals surface area contributed by atoms with Crippen molar-refractivity contribution in [2.24, 2.45) is 5.73 Å². The van der Waals surface area contributed by atoms with E-state index in [2.05, 4.69) is 19.2 Å². The first-order valence-corrected chi connectivity index (χ1v) is 6.62. The molecule has 0 radical (unpaired) electrons. The fourth-order valence-corrected chi connectivity index (χ4v) is 2.35. The topological polar surface area (TPSA) is 75.3 Å². The summed E-state index contributed by atoms with van der Waals surface area (Å²) in [7, 11) is 0. The molecule has 1 unspecified atom stereocenters. The molecule has 0 saturated heterocycles. The van der Waals surface area contributed by atoms with Gasteiger partial charge in [-0.05, 0) is 25.8 Å². The number of aliphatic hydroxyl groups is 1. The quantitative estimate of drug-likeness (QED) is 0.692. The Morgan fingerprint density at radius 3 is 2.82 bits per heavy atom. The number of thiophene rings is 1. The summed E-state index contributed by atoms with van der Waals surface area (Å²) in [6.07, 6.45) is 1.67. The van der Waals surface area contributed by atoms with Crippen LogP contribution in [-0.2, 0) is 6.54 Å². The van der Waals surface area contributed by atoms with Crippen molar-refractivity contribution in [3.05, 3.63) is 21.9 Å². The number of amides is 1. The van der Waals surface area contributed by atoms with Gasteiger partial charge in [0.25, 0.3) is 0 Å². The van der Waals surface area contributed by atoms with E-state index in [0.29, 0.717) is 12.1 Å². The van der Waals surface area contributed by atoms with E-state index in [1.165, 1.54) is 11.3 Å². The SMILES string of the molecule is CCC(C)(CCO)NCc1cc(C(N)=O)cs1. The lowest BCUT2D eigenvalue weighted by molar-refractivity contribution is 0.100. The molecule has 1 aromatic heterocycles. The third kappa shape index (κ3) is 4.11. The molecule has 1 heterocycles. The zero-order valence-electron chi connectivity index (χ0n) is 10.3. The molecule has 17 heavy (non-hydrogen) atoms. The van der Waals surface area contributed by atoms with Crippen molar-refractivity contribution in [1.82, 2.24) is 5.32 Å². The Hall–Kier alpha value is -0.910. The molecule has 96 valence electrons. The first kappa shape index (κ1) is 14.2. The zero-order chi connectivity index (χ0) is 12.9. The zero-order valence-corrected chi connectivity index (χ0v) is 11.1. The summed E-state index contributed by atoms with van der Waals surface area (Å²) in [6, 6.07) is 1.81. The minimum Gasteiger partial charge on any atom is -0.396 e. The number of hydrogen-bond donors (Lipinski definition) is 3. The van der Waals surface area contributed by atoms with Crippen LogP contribution in [0.1, 0.15) is 41.9 Å². The number of nitrogens with one attached hydrogen (secondary N) is 1. The van der Waals surface area contributed by atoms with Crippen LogP contribution in [0.4, 0.5) is 0 Å². The molecular weight excluding hydrogens is 236 g/mol. The van der Waals surface area contributed by atoms with Gasteiger partial charge in [0.2, 0.25) is 5.91 Å². The first-order valence-electron chi connectivity index (χ1n) is 5.74. The monoisotopic (exact) mass is 256 g/mol. The second-order valence-corrected chi connectivity index (χ2v) is 5.40. The molecule has 1 amide bonds. The molecule has 0 spiro atoms. The molecule has 1 rings (SSSR count). The van der Waals surface area contributed by atoms with Gasteiger partial charge in [-0.3, -0.25) is 4.79 Å². The van der Waals surface area contributed by atoms with Gasteiger partial charge < -0.3 is 16.2 Å². The lowest BCUT2D eigenvalue weighted by Crippen LogP contribution is -2.41. The number of aliphatic hydroxyl groups excluding tert-OH is 1. The number of primary amides is 1. The number of carbonyl (C=O) groups excluding carboxylic acids is 1. The Kier molecular flexibility index (Phi) is 5.11. The molecule has 0 bridgehead atoms. The van der Waals surface area contributed by atoms with Crippen LogP contribution in [0.25, 0.3) is 0 Å². The minimum atomic E-state index is -0.388. The number of hydrogen-bond acceptors (Lipinski definition) is 4. The van der Waals surface area contributed by atoms with Gasteiger partial charge in [0.1, 0.15) is 0 Å². The van der Waals surface area contributed by atoms with Crippen LogP contribution in [0.15, 0.2) is 11.4 Å². The summed E-state index contributed by atoms with van der Waals surface area (Å²) in [5.41, 5.74) is 5.70. The summed E-state index contributed by atoms with van der Waals surface area (Å²) in [5, 5.41) is 14.2. The molecule has 0 aliphatic carbocycles. The second-order valence-electron chi connectivity index (χ2n) is 4.41. The van der Waals surface area contributed by atoms with E-state index in [0.717, 1.165) is 17.7 Å². The molecule has 0 saturated carbocycles. The van der Waals surface area contributed by atoms with E-state index < -0.39 is 0 Å². The third-order valence-electron chi connectivity index (χ3n) is 3.07. The lowest BCUT2D eigenvalue weighted by Gasteiger charge is -2.28. The fraction of sp³-hybridized carbons (Fsp3) is 0.583. The van der Waals surface area contributed by atoms with Crippen LogP contribution in [0.3, 0.4) is 0 Å². The highest BCUT2D eigenvalue weighted by Crippen LogP contribution is 2.18. The number of nitrogens with two attached hydrogens (primary N) is 1. The second kappa shape index (κ2) is 6.14. The molecule has 4 nitrogen and oxygen atoms in total. The molecule has 0 aliphatic rings. The summed E-state index contributed by atoms with van der Waals surface area (Å²) in [4.78, 5) is 12.0. The maximum absolute atomic E-state index is 10.9. The van der Waals surface area contributed by atoms with E-state index >= 15 is 0 Å². The third-order valence-corrected chi connectivity index (χ3v) is 4.01. The van der Waals surface area contributed by atoms with Crippen molar-refractivity contribution >= 4 is 17.2 Å². The summed E-state index contributed by atoms with van der Waals surface area (Å²) < 4.78 is 0. The van der Waals surface area contributed by atoms with E-state index in [-0.39, 0.29) is 18.1 Å². The Balaban J connectivity index is 2.56. The van der Waals surface area contributed by atoms with Crippen LogP contribution >= 0.6 is 11.3 Å². The summed E-state index contributed by atoms with van der Waals surface area (Å²) >= 11 is 1.52. The van der Waals surface area contributed by atoms with Gasteiger partial charge in [0.05, 0.1) is 5.56 Å². The molecule has 4 N–H and O–H groups in total. The molecule has 0 aromatic carbocycles. The largest absolute Gasteiger partial charge is 0.396 e. The van der Waals surface area contributed by atoms with Gasteiger partial charge in [0, 0.05) is 28.9 Å². The molecule has 1 atom stereocenters. The molecule has 0 fully saturated rings. The minimum absolute atomic E-state index is 0.0639. The highest BCUT2D eigenvalue weighted by Gasteiger charge is 2.20. The van der Waals surface area contributed by atoms with Crippen molar-refractivity contribution in [2.75, 3.05) is 6.61 Å². The maximum atomic E-state index is 10.9. The molecule has 5 heteroatoms. The lowest BCUT2D eigenvalue weighted by atomic mass is 9.95. The Morgan fingerprint density at radius 1 is 1.65 bits per heavy atom. The standard InChI is InChI=1S/C12H20N2O2S/c1-3-12(2,4-5-15)14-7-10-6-9(8-17-10)11(13)16/h6,8,14-15H,3-5,7H2,1-2H3,(H2,13,16). The van der Waals surface area contributed by atoms with Crippen molar-refractivity contribution in [1.29, 1.82) is 0 Å². The fourth-order valence-electron chi connectivity index (χ4n) is 1.54. The van der Waals surface area contributed by atoms with Crippen LogP contribution in [0.5, 0.6) is 0 Å². The van der Waals surface area contributed by atoms with E-state index in [9.17, 15) is 4.79 Å². The predicted octanol–water partition coefficient (Wildman–Crippen LogP) is 1.49. The Morgan fingerprint density at radius 2 is 2.35 bits per heavy atom.